The van der Waals surface area contributed by atoms with E-state index in [4.69, 9.17) is 4.74 Å². The summed E-state index contributed by atoms with van der Waals surface area (Å²) in [5, 5.41) is 13.5. The van der Waals surface area contributed by atoms with E-state index in [-0.39, 0.29) is 29.0 Å². The number of pyridine rings is 1. The molecule has 0 aliphatic carbocycles. The van der Waals surface area contributed by atoms with E-state index in [0.29, 0.717) is 23.7 Å². The van der Waals surface area contributed by atoms with E-state index in [2.05, 4.69) is 9.98 Å². The largest absolute Gasteiger partial charge is 0.477 e. The SMILES string of the molecule is CN1COc2c(N3C/C(=N\c4nccs4)C(C)(C)C3)c(F)cc3c(=O)c(C(=O)O)cn1c23. The predicted octanol–water partition coefficient (Wildman–Crippen LogP) is 2.83. The van der Waals surface area contributed by atoms with Gasteiger partial charge >= 0.3 is 5.97 Å². The van der Waals surface area contributed by atoms with Gasteiger partial charge in [0, 0.05) is 42.5 Å². The molecule has 1 N–H and O–H groups in total. The Morgan fingerprint density at radius 1 is 1.41 bits per heavy atom. The number of rotatable bonds is 3. The molecule has 0 unspecified atom stereocenters. The molecule has 5 rings (SSSR count). The Morgan fingerprint density at radius 2 is 2.19 bits per heavy atom. The van der Waals surface area contributed by atoms with Gasteiger partial charge in [0.05, 0.1) is 11.9 Å². The van der Waals surface area contributed by atoms with Gasteiger partial charge in [0.1, 0.15) is 16.8 Å². The fourth-order valence-electron chi connectivity index (χ4n) is 4.22. The van der Waals surface area contributed by atoms with Crippen molar-refractivity contribution in [3.8, 4) is 5.75 Å². The molecule has 11 heteroatoms. The summed E-state index contributed by atoms with van der Waals surface area (Å²) in [6.07, 6.45) is 2.94. The van der Waals surface area contributed by atoms with Crippen molar-refractivity contribution in [2.75, 3.05) is 36.8 Å². The van der Waals surface area contributed by atoms with E-state index >= 15 is 4.39 Å². The average Bonchev–Trinajstić information content (AvgIpc) is 3.33. The van der Waals surface area contributed by atoms with Gasteiger partial charge in [-0.1, -0.05) is 13.8 Å². The highest BCUT2D eigenvalue weighted by atomic mass is 32.1. The maximum absolute atomic E-state index is 15.5. The molecule has 0 saturated carbocycles. The van der Waals surface area contributed by atoms with Crippen molar-refractivity contribution in [3.05, 3.63) is 45.4 Å². The van der Waals surface area contributed by atoms with Crippen LogP contribution in [0.2, 0.25) is 0 Å². The minimum atomic E-state index is -1.36. The first-order valence-electron chi connectivity index (χ1n) is 9.89. The zero-order valence-corrected chi connectivity index (χ0v) is 18.4. The molecule has 1 aromatic carbocycles. The molecular weight excluding hydrogens is 437 g/mol. The summed E-state index contributed by atoms with van der Waals surface area (Å²) in [6.45, 7) is 5.00. The second kappa shape index (κ2) is 7.02. The number of thiazole rings is 1. The molecule has 3 aromatic rings. The van der Waals surface area contributed by atoms with Gasteiger partial charge in [-0.25, -0.2) is 19.2 Å². The first kappa shape index (κ1) is 20.4. The van der Waals surface area contributed by atoms with E-state index in [9.17, 15) is 14.7 Å². The number of ether oxygens (including phenoxy) is 1. The molecule has 0 amide bonds. The van der Waals surface area contributed by atoms with E-state index in [1.165, 1.54) is 22.2 Å². The van der Waals surface area contributed by atoms with Crippen molar-refractivity contribution >= 4 is 44.7 Å². The molecule has 2 aliphatic rings. The lowest BCUT2D eigenvalue weighted by Gasteiger charge is -2.33. The number of hydrogen-bond donors (Lipinski definition) is 1. The maximum atomic E-state index is 15.5. The Morgan fingerprint density at radius 3 is 2.88 bits per heavy atom. The lowest BCUT2D eigenvalue weighted by Crippen LogP contribution is -2.40. The normalized spacial score (nSPS) is 18.4. The molecule has 0 bridgehead atoms. The maximum Gasteiger partial charge on any atom is 0.341 e. The number of hydrogen-bond acceptors (Lipinski definition) is 8. The summed E-state index contributed by atoms with van der Waals surface area (Å²) in [5.74, 6) is -1.79. The van der Waals surface area contributed by atoms with E-state index in [0.717, 1.165) is 11.8 Å². The average molecular weight is 457 g/mol. The molecule has 1 saturated heterocycles. The molecule has 0 spiro atoms. The van der Waals surface area contributed by atoms with Crippen molar-refractivity contribution in [3.63, 3.8) is 0 Å². The Labute approximate surface area is 186 Å². The lowest BCUT2D eigenvalue weighted by molar-refractivity contribution is 0.0694. The van der Waals surface area contributed by atoms with Crippen molar-refractivity contribution in [1.82, 2.24) is 9.66 Å². The summed E-state index contributed by atoms with van der Waals surface area (Å²) in [5.41, 5.74) is -0.0669. The van der Waals surface area contributed by atoms with E-state index < -0.39 is 22.8 Å². The van der Waals surface area contributed by atoms with Gasteiger partial charge < -0.3 is 14.7 Å². The highest BCUT2D eigenvalue weighted by Crippen LogP contribution is 2.43. The standard InChI is InChI=1S/C21H20FN5O4S/c1-21(2)9-26(8-14(21)24-20-23-4-5-32-20)16-13(22)6-11-15-18(16)31-10-25(3)27(15)7-12(17(11)28)19(29)30/h4-7H,8-10H2,1-3H3,(H,29,30)/b24-14+. The zero-order valence-electron chi connectivity index (χ0n) is 17.6. The molecule has 0 radical (unpaired) electrons. The first-order valence-corrected chi connectivity index (χ1v) is 10.8. The number of carboxylic acids is 1. The summed E-state index contributed by atoms with van der Waals surface area (Å²) < 4.78 is 22.9. The van der Waals surface area contributed by atoms with E-state index in [1.807, 2.05) is 24.1 Å². The molecule has 1 fully saturated rings. The number of halogens is 1. The Kier molecular flexibility index (Phi) is 4.48. The number of benzene rings is 1. The number of aromatic carboxylic acids is 1. The van der Waals surface area contributed by atoms with Crippen LogP contribution in [0, 0.1) is 11.2 Å². The smallest absolute Gasteiger partial charge is 0.341 e. The first-order chi connectivity index (χ1) is 15.2. The predicted molar refractivity (Wildman–Crippen MR) is 120 cm³/mol. The van der Waals surface area contributed by atoms with Gasteiger partial charge in [0.25, 0.3) is 0 Å². The van der Waals surface area contributed by atoms with Crippen LogP contribution in [0.5, 0.6) is 5.75 Å². The number of anilines is 1. The zero-order chi connectivity index (χ0) is 22.8. The minimum absolute atomic E-state index is 0.0390. The number of carboxylic acid groups (broad SMARTS) is 1. The highest BCUT2D eigenvalue weighted by molar-refractivity contribution is 7.13. The number of carbonyl (C=O) groups is 1. The lowest BCUT2D eigenvalue weighted by atomic mass is 9.91. The Hall–Kier alpha value is -3.47. The number of nitrogens with zero attached hydrogens (tertiary/aromatic N) is 5. The quantitative estimate of drug-likeness (QED) is 0.646. The molecule has 4 heterocycles. The summed E-state index contributed by atoms with van der Waals surface area (Å²) in [7, 11) is 1.69. The van der Waals surface area contributed by atoms with Crippen LogP contribution >= 0.6 is 11.3 Å². The van der Waals surface area contributed by atoms with Gasteiger partial charge in [-0.2, -0.15) is 0 Å². The van der Waals surface area contributed by atoms with Crippen LogP contribution in [0.1, 0.15) is 24.2 Å². The minimum Gasteiger partial charge on any atom is -0.477 e. The van der Waals surface area contributed by atoms with Crippen LogP contribution in [-0.2, 0) is 0 Å². The topological polar surface area (TPSA) is 100 Å². The van der Waals surface area contributed by atoms with Crippen LogP contribution in [0.15, 0.2) is 33.6 Å². The van der Waals surface area contributed by atoms with Gasteiger partial charge in [0.15, 0.2) is 18.3 Å². The van der Waals surface area contributed by atoms with Crippen molar-refractivity contribution in [2.24, 2.45) is 10.4 Å². The van der Waals surface area contributed by atoms with Crippen LogP contribution in [0.3, 0.4) is 0 Å². The third kappa shape index (κ3) is 3.03. The van der Waals surface area contributed by atoms with Gasteiger partial charge in [-0.15, -0.1) is 11.3 Å². The third-order valence-corrected chi connectivity index (χ3v) is 6.49. The van der Waals surface area contributed by atoms with Crippen LogP contribution in [-0.4, -0.2) is 53.3 Å². The summed E-state index contributed by atoms with van der Waals surface area (Å²) >= 11 is 1.43. The highest BCUT2D eigenvalue weighted by Gasteiger charge is 2.40. The molecule has 0 atom stereocenters. The fraction of sp³-hybridized carbons (Fsp3) is 0.333. The van der Waals surface area contributed by atoms with Crippen molar-refractivity contribution in [1.29, 1.82) is 0 Å². The second-order valence-corrected chi connectivity index (χ2v) is 9.37. The molecule has 9 nitrogen and oxygen atoms in total. The van der Waals surface area contributed by atoms with Gasteiger partial charge in [-0.05, 0) is 6.07 Å². The van der Waals surface area contributed by atoms with Crippen molar-refractivity contribution in [2.45, 2.75) is 13.8 Å². The second-order valence-electron chi connectivity index (χ2n) is 8.50. The Balaban J connectivity index is 1.70. The summed E-state index contributed by atoms with van der Waals surface area (Å²) in [4.78, 5) is 35.1. The monoisotopic (exact) mass is 457 g/mol. The molecule has 2 aromatic heterocycles. The van der Waals surface area contributed by atoms with E-state index in [1.54, 1.807) is 18.3 Å². The van der Waals surface area contributed by atoms with Crippen LogP contribution in [0.4, 0.5) is 15.2 Å². The molecule has 2 aliphatic heterocycles. The van der Waals surface area contributed by atoms with Crippen LogP contribution in [0.25, 0.3) is 10.9 Å². The summed E-state index contributed by atoms with van der Waals surface area (Å²) in [6, 6.07) is 1.10. The fourth-order valence-corrected chi connectivity index (χ4v) is 4.75. The molecule has 32 heavy (non-hydrogen) atoms. The van der Waals surface area contributed by atoms with Gasteiger partial charge in [0.2, 0.25) is 10.6 Å². The van der Waals surface area contributed by atoms with Gasteiger partial charge in [-0.3, -0.25) is 14.5 Å². The van der Waals surface area contributed by atoms with Crippen molar-refractivity contribution < 1.29 is 19.0 Å². The number of aromatic nitrogens is 2. The number of aliphatic imine (C=N–C) groups is 1. The van der Waals surface area contributed by atoms with Crippen LogP contribution < -0.4 is 20.1 Å². The third-order valence-electron chi connectivity index (χ3n) is 5.82. The Bertz CT molecular complexity index is 1350. The molecular formula is C21H20FN5O4S. The molecule has 166 valence electrons.